The Morgan fingerprint density at radius 1 is 1.21 bits per heavy atom. The molecule has 1 aliphatic heterocycles. The summed E-state index contributed by atoms with van der Waals surface area (Å²) in [6, 6.07) is 13.9. The maximum Gasteiger partial charge on any atom is 0.238 e. The van der Waals surface area contributed by atoms with E-state index in [1.807, 2.05) is 25.1 Å². The highest BCUT2D eigenvalue weighted by molar-refractivity contribution is 7.89. The van der Waals surface area contributed by atoms with Gasteiger partial charge in [-0.2, -0.15) is 0 Å². The third kappa shape index (κ3) is 3.09. The second-order valence-electron chi connectivity index (χ2n) is 7.07. The number of benzene rings is 2. The van der Waals surface area contributed by atoms with Crippen molar-refractivity contribution in [2.24, 2.45) is 5.14 Å². The number of amides is 1. The summed E-state index contributed by atoms with van der Waals surface area (Å²) in [5.74, 6) is -0.287. The third-order valence-corrected chi connectivity index (χ3v) is 6.46. The second-order valence-corrected chi connectivity index (χ2v) is 8.90. The standard InChI is InChI=1S/C20H20ClN3O3S/c1-12-10-16-15-4-2-3-5-17(15)23-19(16)20(24(12)18(25)11-21)13-6-8-14(9-7-13)28(22,26)27/h2-9,12,20,23H,10-11H2,1H3,(H2,22,26,27)/t12-,20-/m0/s1. The highest BCUT2D eigenvalue weighted by atomic mass is 35.5. The van der Waals surface area contributed by atoms with Crippen LogP contribution in [0.3, 0.4) is 0 Å². The van der Waals surface area contributed by atoms with Crippen LogP contribution in [0.25, 0.3) is 10.9 Å². The van der Waals surface area contributed by atoms with Gasteiger partial charge in [-0.15, -0.1) is 11.6 Å². The monoisotopic (exact) mass is 417 g/mol. The molecule has 146 valence electrons. The van der Waals surface area contributed by atoms with Gasteiger partial charge in [0, 0.05) is 22.6 Å². The Balaban J connectivity index is 1.91. The first-order valence-electron chi connectivity index (χ1n) is 8.90. The average molecular weight is 418 g/mol. The maximum atomic E-state index is 12.7. The van der Waals surface area contributed by atoms with Crippen molar-refractivity contribution in [1.29, 1.82) is 0 Å². The summed E-state index contributed by atoms with van der Waals surface area (Å²) < 4.78 is 23.2. The number of nitrogens with two attached hydrogens (primary N) is 1. The van der Waals surface area contributed by atoms with E-state index in [0.29, 0.717) is 6.42 Å². The number of hydrogen-bond acceptors (Lipinski definition) is 3. The number of nitrogens with one attached hydrogen (secondary N) is 1. The lowest BCUT2D eigenvalue weighted by molar-refractivity contribution is -0.133. The molecular weight excluding hydrogens is 398 g/mol. The molecule has 0 bridgehead atoms. The van der Waals surface area contributed by atoms with Crippen LogP contribution >= 0.6 is 11.6 Å². The number of para-hydroxylation sites is 1. The Labute approximate surface area is 168 Å². The van der Waals surface area contributed by atoms with Gasteiger partial charge in [0.1, 0.15) is 5.88 Å². The lowest BCUT2D eigenvalue weighted by Gasteiger charge is -2.40. The van der Waals surface area contributed by atoms with E-state index >= 15 is 0 Å². The van der Waals surface area contributed by atoms with Gasteiger partial charge >= 0.3 is 0 Å². The van der Waals surface area contributed by atoms with E-state index in [1.165, 1.54) is 17.7 Å². The summed E-state index contributed by atoms with van der Waals surface area (Å²) in [7, 11) is -3.79. The van der Waals surface area contributed by atoms with Gasteiger partial charge < -0.3 is 9.88 Å². The van der Waals surface area contributed by atoms with Crippen LogP contribution in [0.5, 0.6) is 0 Å². The zero-order chi connectivity index (χ0) is 20.1. The molecule has 2 atom stereocenters. The number of H-pyrrole nitrogens is 1. The van der Waals surface area contributed by atoms with Crippen molar-refractivity contribution in [2.45, 2.75) is 30.3 Å². The number of fused-ring (bicyclic) bond motifs is 3. The van der Waals surface area contributed by atoms with E-state index in [-0.39, 0.29) is 28.8 Å². The Morgan fingerprint density at radius 3 is 2.54 bits per heavy atom. The fourth-order valence-corrected chi connectivity index (χ4v) is 4.74. The van der Waals surface area contributed by atoms with Gasteiger partial charge in [0.25, 0.3) is 0 Å². The van der Waals surface area contributed by atoms with Gasteiger partial charge in [-0.3, -0.25) is 4.79 Å². The molecule has 0 fully saturated rings. The van der Waals surface area contributed by atoms with Gasteiger partial charge in [0.2, 0.25) is 15.9 Å². The molecule has 0 aliphatic carbocycles. The van der Waals surface area contributed by atoms with Crippen LogP contribution < -0.4 is 5.14 Å². The Morgan fingerprint density at radius 2 is 1.89 bits per heavy atom. The molecule has 1 aliphatic rings. The smallest absolute Gasteiger partial charge is 0.238 e. The van der Waals surface area contributed by atoms with Crippen molar-refractivity contribution in [1.82, 2.24) is 9.88 Å². The van der Waals surface area contributed by atoms with Crippen LogP contribution in [0.2, 0.25) is 0 Å². The zero-order valence-corrected chi connectivity index (χ0v) is 16.8. The summed E-state index contributed by atoms with van der Waals surface area (Å²) in [5, 5.41) is 6.35. The lowest BCUT2D eigenvalue weighted by Crippen LogP contribution is -2.46. The number of aromatic amines is 1. The number of primary sulfonamides is 1. The van der Waals surface area contributed by atoms with E-state index in [4.69, 9.17) is 16.7 Å². The Hall–Kier alpha value is -2.35. The van der Waals surface area contributed by atoms with Crippen LogP contribution in [0.1, 0.15) is 29.8 Å². The number of nitrogens with zero attached hydrogens (tertiary/aromatic N) is 1. The van der Waals surface area contributed by atoms with Gasteiger partial charge in [-0.05, 0) is 42.7 Å². The SMILES string of the molecule is C[C@H]1Cc2c([nH]c3ccccc23)[C@H](c2ccc(S(N)(=O)=O)cc2)N1C(=O)CCl. The van der Waals surface area contributed by atoms with Crippen molar-refractivity contribution in [3.05, 3.63) is 65.4 Å². The summed E-state index contributed by atoms with van der Waals surface area (Å²) >= 11 is 5.90. The summed E-state index contributed by atoms with van der Waals surface area (Å²) in [4.78, 5) is 17.9. The van der Waals surface area contributed by atoms with E-state index < -0.39 is 10.0 Å². The van der Waals surface area contributed by atoms with Crippen molar-refractivity contribution >= 4 is 38.4 Å². The highest BCUT2D eigenvalue weighted by Gasteiger charge is 2.38. The topological polar surface area (TPSA) is 96.3 Å². The number of carbonyl (C=O) groups is 1. The number of aromatic nitrogens is 1. The molecule has 2 aromatic carbocycles. The normalized spacial score (nSPS) is 19.6. The van der Waals surface area contributed by atoms with Gasteiger partial charge in [-0.25, -0.2) is 13.6 Å². The van der Waals surface area contributed by atoms with E-state index in [9.17, 15) is 13.2 Å². The molecule has 0 unspecified atom stereocenters. The number of halogens is 1. The van der Waals surface area contributed by atoms with Crippen LogP contribution in [0.15, 0.2) is 53.4 Å². The summed E-state index contributed by atoms with van der Waals surface area (Å²) in [6.45, 7) is 2.00. The minimum atomic E-state index is -3.79. The second kappa shape index (κ2) is 6.92. The molecule has 2 heterocycles. The van der Waals surface area contributed by atoms with Gasteiger partial charge in [-0.1, -0.05) is 30.3 Å². The quantitative estimate of drug-likeness (QED) is 0.641. The molecule has 0 saturated heterocycles. The van der Waals surface area contributed by atoms with Crippen LogP contribution in [0.4, 0.5) is 0 Å². The molecule has 6 nitrogen and oxygen atoms in total. The molecule has 1 aromatic heterocycles. The predicted octanol–water partition coefficient (Wildman–Crippen LogP) is 2.92. The molecule has 4 rings (SSSR count). The van der Waals surface area contributed by atoms with Crippen molar-refractivity contribution in [2.75, 3.05) is 5.88 Å². The van der Waals surface area contributed by atoms with Crippen LogP contribution in [-0.2, 0) is 21.2 Å². The Kier molecular flexibility index (Phi) is 4.69. The first-order chi connectivity index (χ1) is 13.3. The fraction of sp³-hybridized carbons (Fsp3) is 0.250. The average Bonchev–Trinajstić information content (AvgIpc) is 3.04. The van der Waals surface area contributed by atoms with E-state index in [2.05, 4.69) is 11.1 Å². The van der Waals surface area contributed by atoms with E-state index in [0.717, 1.165) is 22.2 Å². The highest BCUT2D eigenvalue weighted by Crippen LogP contribution is 2.41. The summed E-state index contributed by atoms with van der Waals surface area (Å²) in [5.41, 5.74) is 3.90. The molecular formula is C20H20ClN3O3S. The van der Waals surface area contributed by atoms with Crippen molar-refractivity contribution in [3.8, 4) is 0 Å². The number of sulfonamides is 1. The molecule has 3 aromatic rings. The zero-order valence-electron chi connectivity index (χ0n) is 15.2. The van der Waals surface area contributed by atoms with Crippen molar-refractivity contribution < 1.29 is 13.2 Å². The number of rotatable bonds is 3. The number of hydrogen-bond donors (Lipinski definition) is 2. The fourth-order valence-electron chi connectivity index (χ4n) is 4.09. The van der Waals surface area contributed by atoms with Crippen LogP contribution in [0, 0.1) is 0 Å². The lowest BCUT2D eigenvalue weighted by atomic mass is 9.88. The first-order valence-corrected chi connectivity index (χ1v) is 11.0. The number of alkyl halides is 1. The Bertz CT molecular complexity index is 1160. The molecule has 8 heteroatoms. The largest absolute Gasteiger partial charge is 0.356 e. The number of carbonyl (C=O) groups excluding carboxylic acids is 1. The molecule has 0 saturated carbocycles. The van der Waals surface area contributed by atoms with Crippen LogP contribution in [-0.4, -0.2) is 36.1 Å². The van der Waals surface area contributed by atoms with Crippen molar-refractivity contribution in [3.63, 3.8) is 0 Å². The van der Waals surface area contributed by atoms with Gasteiger partial charge in [0.05, 0.1) is 10.9 Å². The predicted molar refractivity (Wildman–Crippen MR) is 109 cm³/mol. The first kappa shape index (κ1) is 19.0. The molecule has 0 radical (unpaired) electrons. The minimum absolute atomic E-state index is 0.0344. The molecule has 0 spiro atoms. The minimum Gasteiger partial charge on any atom is -0.356 e. The molecule has 28 heavy (non-hydrogen) atoms. The summed E-state index contributed by atoms with van der Waals surface area (Å²) in [6.07, 6.45) is 0.716. The van der Waals surface area contributed by atoms with Gasteiger partial charge in [0.15, 0.2) is 0 Å². The maximum absolute atomic E-state index is 12.7. The third-order valence-electron chi connectivity index (χ3n) is 5.30. The molecule has 3 N–H and O–H groups in total. The van der Waals surface area contributed by atoms with E-state index in [1.54, 1.807) is 17.0 Å². The molecule has 1 amide bonds.